The Kier molecular flexibility index (Phi) is 4.52. The lowest BCUT2D eigenvalue weighted by atomic mass is 10.0. The van der Waals surface area contributed by atoms with Crippen LogP contribution in [-0.2, 0) is 6.42 Å². The summed E-state index contributed by atoms with van der Waals surface area (Å²) in [4.78, 5) is 26.9. The highest BCUT2D eigenvalue weighted by Crippen LogP contribution is 2.19. The van der Waals surface area contributed by atoms with Gasteiger partial charge in [0, 0.05) is 31.3 Å². The van der Waals surface area contributed by atoms with E-state index in [1.54, 1.807) is 10.7 Å². The van der Waals surface area contributed by atoms with Gasteiger partial charge in [0.25, 0.3) is 5.91 Å². The van der Waals surface area contributed by atoms with Crippen LogP contribution in [0, 0.1) is 0 Å². The molecule has 5 heteroatoms. The molecule has 4 rings (SSSR count). The summed E-state index contributed by atoms with van der Waals surface area (Å²) in [5.74, 6) is 0.183. The van der Waals surface area contributed by atoms with E-state index in [2.05, 4.69) is 5.10 Å². The predicted molar refractivity (Wildman–Crippen MR) is 99.4 cm³/mol. The molecule has 1 fully saturated rings. The van der Waals surface area contributed by atoms with Gasteiger partial charge in [0.1, 0.15) is 0 Å². The van der Waals surface area contributed by atoms with Gasteiger partial charge in [0.15, 0.2) is 5.78 Å². The maximum absolute atomic E-state index is 12.7. The summed E-state index contributed by atoms with van der Waals surface area (Å²) in [6.07, 6.45) is 6.74. The molecule has 0 spiro atoms. The number of nitrogens with zero attached hydrogens (tertiary/aromatic N) is 3. The highest BCUT2D eigenvalue weighted by molar-refractivity contribution is 6.01. The molecule has 1 saturated heterocycles. The van der Waals surface area contributed by atoms with E-state index in [4.69, 9.17) is 0 Å². The molecule has 0 bridgehead atoms. The van der Waals surface area contributed by atoms with E-state index >= 15 is 0 Å². The summed E-state index contributed by atoms with van der Waals surface area (Å²) in [5.41, 5.74) is 3.23. The summed E-state index contributed by atoms with van der Waals surface area (Å²) in [7, 11) is 0. The fourth-order valence-electron chi connectivity index (χ4n) is 3.46. The Morgan fingerprint density at radius 1 is 1.04 bits per heavy atom. The number of likely N-dealkylation sites (tertiary alicyclic amines) is 1. The third-order valence-electron chi connectivity index (χ3n) is 4.95. The molecule has 0 atom stereocenters. The van der Waals surface area contributed by atoms with E-state index in [1.165, 1.54) is 0 Å². The molecule has 1 amide bonds. The Morgan fingerprint density at radius 2 is 1.81 bits per heavy atom. The molecule has 0 unspecified atom stereocenters. The van der Waals surface area contributed by atoms with Crippen LogP contribution in [-0.4, -0.2) is 39.3 Å². The van der Waals surface area contributed by atoms with Crippen LogP contribution >= 0.6 is 0 Å². The van der Waals surface area contributed by atoms with Gasteiger partial charge in [-0.3, -0.25) is 9.59 Å². The standard InChI is InChI=1S/C21H21N3O2/c25-20(17-6-2-1-3-7-17)9-8-16-10-13-24-19(14-16)18(15-22-24)21(26)23-11-4-5-12-23/h1-3,6-7,10,13-15H,4-5,8-9,11-12H2. The van der Waals surface area contributed by atoms with Gasteiger partial charge in [-0.25, -0.2) is 4.52 Å². The third kappa shape index (κ3) is 3.25. The number of aryl methyl sites for hydroxylation is 1. The van der Waals surface area contributed by atoms with Crippen LogP contribution in [0.1, 0.15) is 45.5 Å². The molecule has 26 heavy (non-hydrogen) atoms. The number of pyridine rings is 1. The van der Waals surface area contributed by atoms with Crippen molar-refractivity contribution in [2.75, 3.05) is 13.1 Å². The molecule has 1 aromatic carbocycles. The zero-order valence-electron chi connectivity index (χ0n) is 14.6. The van der Waals surface area contributed by atoms with Gasteiger partial charge in [0.2, 0.25) is 0 Å². The summed E-state index contributed by atoms with van der Waals surface area (Å²) in [6, 6.07) is 13.3. The van der Waals surface area contributed by atoms with Crippen LogP contribution in [0.4, 0.5) is 0 Å². The van der Waals surface area contributed by atoms with E-state index in [1.807, 2.05) is 53.6 Å². The first-order chi connectivity index (χ1) is 12.7. The third-order valence-corrected chi connectivity index (χ3v) is 4.95. The molecule has 0 saturated carbocycles. The van der Waals surface area contributed by atoms with Crippen LogP contribution in [0.25, 0.3) is 5.52 Å². The van der Waals surface area contributed by atoms with Crippen molar-refractivity contribution in [3.05, 3.63) is 71.5 Å². The maximum atomic E-state index is 12.7. The zero-order valence-corrected chi connectivity index (χ0v) is 14.6. The molecule has 1 aliphatic rings. The summed E-state index contributed by atoms with van der Waals surface area (Å²) in [5, 5.41) is 4.30. The monoisotopic (exact) mass is 347 g/mol. The molecule has 3 heterocycles. The fourth-order valence-corrected chi connectivity index (χ4v) is 3.46. The second-order valence-electron chi connectivity index (χ2n) is 6.71. The summed E-state index contributed by atoms with van der Waals surface area (Å²) < 4.78 is 1.73. The van der Waals surface area contributed by atoms with Crippen molar-refractivity contribution in [3.8, 4) is 0 Å². The minimum Gasteiger partial charge on any atom is -0.339 e. The molecule has 0 N–H and O–H groups in total. The van der Waals surface area contributed by atoms with Gasteiger partial charge in [0.05, 0.1) is 17.3 Å². The van der Waals surface area contributed by atoms with Crippen LogP contribution in [0.3, 0.4) is 0 Å². The Balaban J connectivity index is 1.52. The highest BCUT2D eigenvalue weighted by Gasteiger charge is 2.22. The van der Waals surface area contributed by atoms with Crippen molar-refractivity contribution >= 4 is 17.2 Å². The van der Waals surface area contributed by atoms with Crippen LogP contribution in [0.5, 0.6) is 0 Å². The van der Waals surface area contributed by atoms with Crippen molar-refractivity contribution < 1.29 is 9.59 Å². The minimum absolute atomic E-state index is 0.0509. The van der Waals surface area contributed by atoms with E-state index < -0.39 is 0 Å². The van der Waals surface area contributed by atoms with E-state index in [9.17, 15) is 9.59 Å². The molecule has 132 valence electrons. The topological polar surface area (TPSA) is 54.7 Å². The normalized spacial score (nSPS) is 14.1. The average molecular weight is 347 g/mol. The van der Waals surface area contributed by atoms with Crippen molar-refractivity contribution in [3.63, 3.8) is 0 Å². The fraction of sp³-hybridized carbons (Fsp3) is 0.286. The van der Waals surface area contributed by atoms with Gasteiger partial charge in [-0.1, -0.05) is 30.3 Å². The number of ketones is 1. The Hall–Kier alpha value is -2.95. The number of carbonyl (C=O) groups is 2. The van der Waals surface area contributed by atoms with Crippen molar-refractivity contribution in [1.29, 1.82) is 0 Å². The van der Waals surface area contributed by atoms with Gasteiger partial charge >= 0.3 is 0 Å². The number of hydrogen-bond acceptors (Lipinski definition) is 3. The van der Waals surface area contributed by atoms with Crippen LogP contribution < -0.4 is 0 Å². The number of carbonyl (C=O) groups excluding carboxylic acids is 2. The van der Waals surface area contributed by atoms with Crippen molar-refractivity contribution in [2.24, 2.45) is 0 Å². The van der Waals surface area contributed by atoms with E-state index in [-0.39, 0.29) is 11.7 Å². The number of benzene rings is 1. The number of rotatable bonds is 5. The lowest BCUT2D eigenvalue weighted by Gasteiger charge is -2.14. The van der Waals surface area contributed by atoms with Crippen molar-refractivity contribution in [2.45, 2.75) is 25.7 Å². The molecular weight excluding hydrogens is 326 g/mol. The first kappa shape index (κ1) is 16.5. The number of Topliss-reactive ketones (excluding diaryl/α,β-unsaturated/α-hetero) is 1. The molecule has 5 nitrogen and oxygen atoms in total. The van der Waals surface area contributed by atoms with Crippen molar-refractivity contribution in [1.82, 2.24) is 14.5 Å². The van der Waals surface area contributed by atoms with Gasteiger partial charge in [-0.2, -0.15) is 5.10 Å². The Labute approximate surface area is 152 Å². The maximum Gasteiger partial charge on any atom is 0.257 e. The van der Waals surface area contributed by atoms with Gasteiger partial charge in [-0.15, -0.1) is 0 Å². The second-order valence-corrected chi connectivity index (χ2v) is 6.71. The number of aromatic nitrogens is 2. The first-order valence-electron chi connectivity index (χ1n) is 9.06. The summed E-state index contributed by atoms with van der Waals surface area (Å²) >= 11 is 0. The molecular formula is C21H21N3O2. The number of fused-ring (bicyclic) bond motifs is 1. The summed E-state index contributed by atoms with van der Waals surface area (Å²) in [6.45, 7) is 1.64. The molecule has 0 radical (unpaired) electrons. The largest absolute Gasteiger partial charge is 0.339 e. The predicted octanol–water partition coefficient (Wildman–Crippen LogP) is 3.39. The zero-order chi connectivity index (χ0) is 17.9. The van der Waals surface area contributed by atoms with Crippen LogP contribution in [0.15, 0.2) is 54.9 Å². The Morgan fingerprint density at radius 3 is 2.58 bits per heavy atom. The second kappa shape index (κ2) is 7.12. The average Bonchev–Trinajstić information content (AvgIpc) is 3.36. The molecule has 0 aliphatic carbocycles. The van der Waals surface area contributed by atoms with Gasteiger partial charge < -0.3 is 4.90 Å². The highest BCUT2D eigenvalue weighted by atomic mass is 16.2. The van der Waals surface area contributed by atoms with E-state index in [0.29, 0.717) is 18.4 Å². The van der Waals surface area contributed by atoms with Gasteiger partial charge in [-0.05, 0) is 37.0 Å². The van der Waals surface area contributed by atoms with E-state index in [0.717, 1.165) is 42.6 Å². The molecule has 2 aromatic heterocycles. The number of hydrogen-bond donors (Lipinski definition) is 0. The SMILES string of the molecule is O=C(CCc1ccn2ncc(C(=O)N3CCCC3)c2c1)c1ccccc1. The molecule has 1 aliphatic heterocycles. The molecule has 3 aromatic rings. The lowest BCUT2D eigenvalue weighted by Crippen LogP contribution is -2.27. The first-order valence-corrected chi connectivity index (χ1v) is 9.06. The lowest BCUT2D eigenvalue weighted by molar-refractivity contribution is 0.0794. The smallest absolute Gasteiger partial charge is 0.257 e. The minimum atomic E-state index is 0.0509. The van der Waals surface area contributed by atoms with Crippen LogP contribution in [0.2, 0.25) is 0 Å². The number of amides is 1. The Bertz CT molecular complexity index is 940. The quantitative estimate of drug-likeness (QED) is 0.665.